The molecule has 1 aliphatic carbocycles. The maximum atomic E-state index is 12.3. The van der Waals surface area contributed by atoms with Gasteiger partial charge in [0.2, 0.25) is 5.91 Å². The molecule has 2 aliphatic rings. The number of methoxy groups -OCH3 is 1. The second-order valence-corrected chi connectivity index (χ2v) is 5.28. The fourth-order valence-electron chi connectivity index (χ4n) is 3.11. The Kier molecular flexibility index (Phi) is 4.07. The molecule has 1 aliphatic heterocycles. The number of hydrogen-bond acceptors (Lipinski definition) is 4. The van der Waals surface area contributed by atoms with Crippen LogP contribution in [0.2, 0.25) is 0 Å². The van der Waals surface area contributed by atoms with Crippen molar-refractivity contribution < 1.29 is 24.2 Å². The average molecular weight is 269 g/mol. The highest BCUT2D eigenvalue weighted by Crippen LogP contribution is 2.34. The SMILES string of the molecule is COC(=O)C1CCN(C(=O)[C@@H]2CCC[C@@H]2C(=O)O)C1. The van der Waals surface area contributed by atoms with E-state index in [9.17, 15) is 14.4 Å². The number of amides is 1. The molecule has 1 saturated carbocycles. The van der Waals surface area contributed by atoms with Crippen LogP contribution in [-0.4, -0.2) is 48.1 Å². The zero-order valence-electron chi connectivity index (χ0n) is 11.0. The fraction of sp³-hybridized carbons (Fsp3) is 0.769. The summed E-state index contributed by atoms with van der Waals surface area (Å²) in [7, 11) is 1.34. The third kappa shape index (κ3) is 2.72. The molecule has 0 bridgehead atoms. The first kappa shape index (κ1) is 13.8. The molecule has 1 heterocycles. The first-order valence-electron chi connectivity index (χ1n) is 6.64. The summed E-state index contributed by atoms with van der Waals surface area (Å²) in [4.78, 5) is 36.5. The molecule has 1 amide bonds. The highest BCUT2D eigenvalue weighted by molar-refractivity contribution is 5.86. The maximum Gasteiger partial charge on any atom is 0.310 e. The molecule has 1 saturated heterocycles. The van der Waals surface area contributed by atoms with Crippen molar-refractivity contribution in [3.05, 3.63) is 0 Å². The zero-order chi connectivity index (χ0) is 14.0. The summed E-state index contributed by atoms with van der Waals surface area (Å²) in [5, 5.41) is 9.11. The lowest BCUT2D eigenvalue weighted by Crippen LogP contribution is -2.38. The van der Waals surface area contributed by atoms with Crippen LogP contribution in [0.3, 0.4) is 0 Å². The highest BCUT2D eigenvalue weighted by Gasteiger charge is 2.42. The number of nitrogens with zero attached hydrogens (tertiary/aromatic N) is 1. The van der Waals surface area contributed by atoms with E-state index in [1.165, 1.54) is 7.11 Å². The lowest BCUT2D eigenvalue weighted by molar-refractivity contribution is -0.149. The number of hydrogen-bond donors (Lipinski definition) is 1. The molecular weight excluding hydrogens is 250 g/mol. The van der Waals surface area contributed by atoms with Gasteiger partial charge in [-0.1, -0.05) is 6.42 Å². The summed E-state index contributed by atoms with van der Waals surface area (Å²) in [6.07, 6.45) is 2.58. The smallest absolute Gasteiger partial charge is 0.310 e. The first-order valence-corrected chi connectivity index (χ1v) is 6.64. The van der Waals surface area contributed by atoms with Crippen molar-refractivity contribution >= 4 is 17.8 Å². The van der Waals surface area contributed by atoms with Crippen molar-refractivity contribution in [1.82, 2.24) is 4.90 Å². The van der Waals surface area contributed by atoms with Gasteiger partial charge in [0.1, 0.15) is 0 Å². The van der Waals surface area contributed by atoms with Crippen LogP contribution in [-0.2, 0) is 19.1 Å². The molecule has 0 spiro atoms. The number of carboxylic acids is 1. The number of likely N-dealkylation sites (tertiary alicyclic amines) is 1. The number of aliphatic carboxylic acids is 1. The van der Waals surface area contributed by atoms with E-state index in [0.29, 0.717) is 32.4 Å². The number of carboxylic acid groups (broad SMARTS) is 1. The van der Waals surface area contributed by atoms with Crippen LogP contribution in [0.4, 0.5) is 0 Å². The van der Waals surface area contributed by atoms with Crippen LogP contribution in [0, 0.1) is 17.8 Å². The van der Waals surface area contributed by atoms with Gasteiger partial charge in [-0.15, -0.1) is 0 Å². The molecule has 1 N–H and O–H groups in total. The summed E-state index contributed by atoms with van der Waals surface area (Å²) in [5.74, 6) is -2.55. The number of ether oxygens (including phenoxy) is 1. The van der Waals surface area contributed by atoms with Crippen molar-refractivity contribution in [3.63, 3.8) is 0 Å². The monoisotopic (exact) mass is 269 g/mol. The van der Waals surface area contributed by atoms with E-state index in [2.05, 4.69) is 4.74 Å². The van der Waals surface area contributed by atoms with Gasteiger partial charge in [0.25, 0.3) is 0 Å². The van der Waals surface area contributed by atoms with Gasteiger partial charge < -0.3 is 14.7 Å². The van der Waals surface area contributed by atoms with E-state index in [-0.39, 0.29) is 17.8 Å². The summed E-state index contributed by atoms with van der Waals surface area (Å²) < 4.78 is 4.68. The molecule has 6 heteroatoms. The normalized spacial score (nSPS) is 30.4. The van der Waals surface area contributed by atoms with Gasteiger partial charge in [-0.05, 0) is 19.3 Å². The second kappa shape index (κ2) is 5.59. The van der Waals surface area contributed by atoms with E-state index in [4.69, 9.17) is 5.11 Å². The van der Waals surface area contributed by atoms with Crippen molar-refractivity contribution in [2.75, 3.05) is 20.2 Å². The molecule has 0 radical (unpaired) electrons. The Morgan fingerprint density at radius 1 is 1.16 bits per heavy atom. The molecule has 0 aromatic rings. The van der Waals surface area contributed by atoms with E-state index in [0.717, 1.165) is 6.42 Å². The van der Waals surface area contributed by atoms with E-state index in [1.54, 1.807) is 4.90 Å². The Bertz CT molecular complexity index is 394. The molecule has 2 rings (SSSR count). The maximum absolute atomic E-state index is 12.3. The molecule has 19 heavy (non-hydrogen) atoms. The Balaban J connectivity index is 1.97. The van der Waals surface area contributed by atoms with Crippen LogP contribution in [0.15, 0.2) is 0 Å². The van der Waals surface area contributed by atoms with E-state index in [1.807, 2.05) is 0 Å². The number of carbonyl (C=O) groups excluding carboxylic acids is 2. The van der Waals surface area contributed by atoms with Gasteiger partial charge in [-0.2, -0.15) is 0 Å². The number of esters is 1. The number of rotatable bonds is 3. The molecule has 2 fully saturated rings. The Morgan fingerprint density at radius 2 is 1.84 bits per heavy atom. The Labute approximate surface area is 111 Å². The topological polar surface area (TPSA) is 83.9 Å². The summed E-state index contributed by atoms with van der Waals surface area (Å²) in [5.41, 5.74) is 0. The number of carbonyl (C=O) groups is 3. The Hall–Kier alpha value is -1.59. The minimum absolute atomic E-state index is 0.115. The lowest BCUT2D eigenvalue weighted by Gasteiger charge is -2.22. The predicted octanol–water partition coefficient (Wildman–Crippen LogP) is 0.509. The second-order valence-electron chi connectivity index (χ2n) is 5.28. The summed E-state index contributed by atoms with van der Waals surface area (Å²) in [6.45, 7) is 0.871. The van der Waals surface area contributed by atoms with Gasteiger partial charge in [-0.25, -0.2) is 0 Å². The average Bonchev–Trinajstić information content (AvgIpc) is 3.05. The van der Waals surface area contributed by atoms with Crippen LogP contribution in [0.5, 0.6) is 0 Å². The van der Waals surface area contributed by atoms with Crippen molar-refractivity contribution in [1.29, 1.82) is 0 Å². The van der Waals surface area contributed by atoms with Gasteiger partial charge >= 0.3 is 11.9 Å². The van der Waals surface area contributed by atoms with E-state index >= 15 is 0 Å². The molecule has 0 aromatic carbocycles. The third-order valence-corrected chi connectivity index (χ3v) is 4.18. The Morgan fingerprint density at radius 3 is 2.47 bits per heavy atom. The van der Waals surface area contributed by atoms with Gasteiger partial charge in [0.15, 0.2) is 0 Å². The minimum atomic E-state index is -0.889. The highest BCUT2D eigenvalue weighted by atomic mass is 16.5. The molecule has 6 nitrogen and oxygen atoms in total. The third-order valence-electron chi connectivity index (χ3n) is 4.18. The molecule has 106 valence electrons. The van der Waals surface area contributed by atoms with Gasteiger partial charge in [-0.3, -0.25) is 14.4 Å². The van der Waals surface area contributed by atoms with Gasteiger partial charge in [0.05, 0.1) is 24.9 Å². The molecule has 0 aromatic heterocycles. The fourth-order valence-corrected chi connectivity index (χ4v) is 3.11. The standard InChI is InChI=1S/C13H19NO5/c1-19-13(18)8-5-6-14(7-8)11(15)9-3-2-4-10(9)12(16)17/h8-10H,2-7H2,1H3,(H,16,17)/t8?,9-,10+/m1/s1. The lowest BCUT2D eigenvalue weighted by atomic mass is 9.95. The predicted molar refractivity (Wildman–Crippen MR) is 65.2 cm³/mol. The van der Waals surface area contributed by atoms with Crippen molar-refractivity contribution in [3.8, 4) is 0 Å². The molecule has 3 atom stereocenters. The molecule has 1 unspecified atom stereocenters. The largest absolute Gasteiger partial charge is 0.481 e. The quantitative estimate of drug-likeness (QED) is 0.755. The van der Waals surface area contributed by atoms with Crippen LogP contribution >= 0.6 is 0 Å². The first-order chi connectivity index (χ1) is 9.04. The van der Waals surface area contributed by atoms with Crippen molar-refractivity contribution in [2.45, 2.75) is 25.7 Å². The van der Waals surface area contributed by atoms with E-state index < -0.39 is 17.8 Å². The zero-order valence-corrected chi connectivity index (χ0v) is 11.0. The summed E-state index contributed by atoms with van der Waals surface area (Å²) in [6, 6.07) is 0. The van der Waals surface area contributed by atoms with Gasteiger partial charge in [0, 0.05) is 13.1 Å². The van der Waals surface area contributed by atoms with Crippen molar-refractivity contribution in [2.24, 2.45) is 17.8 Å². The van der Waals surface area contributed by atoms with Crippen LogP contribution in [0.25, 0.3) is 0 Å². The van der Waals surface area contributed by atoms with Crippen LogP contribution in [0.1, 0.15) is 25.7 Å². The van der Waals surface area contributed by atoms with Crippen LogP contribution < -0.4 is 0 Å². The molecular formula is C13H19NO5. The minimum Gasteiger partial charge on any atom is -0.481 e. The summed E-state index contributed by atoms with van der Waals surface area (Å²) >= 11 is 0.